The maximum atomic E-state index is 12.6. The topological polar surface area (TPSA) is 53.4 Å². The van der Waals surface area contributed by atoms with Gasteiger partial charge in [-0.15, -0.1) is 0 Å². The molecule has 0 spiro atoms. The van der Waals surface area contributed by atoms with Crippen molar-refractivity contribution in [2.75, 3.05) is 19.7 Å². The fourth-order valence-corrected chi connectivity index (χ4v) is 3.55. The summed E-state index contributed by atoms with van der Waals surface area (Å²) in [6.45, 7) is 3.58. The predicted octanol–water partition coefficient (Wildman–Crippen LogP) is 2.74. The summed E-state index contributed by atoms with van der Waals surface area (Å²) in [5, 5.41) is 9.99. The fourth-order valence-electron chi connectivity index (χ4n) is 3.55. The van der Waals surface area contributed by atoms with Gasteiger partial charge in [0.15, 0.2) is 0 Å². The Kier molecular flexibility index (Phi) is 5.49. The van der Waals surface area contributed by atoms with Gasteiger partial charge in [0.1, 0.15) is 0 Å². The van der Waals surface area contributed by atoms with Crippen LogP contribution in [0.15, 0.2) is 48.7 Å². The summed E-state index contributed by atoms with van der Waals surface area (Å²) in [6, 6.07) is 14.1. The zero-order valence-electron chi connectivity index (χ0n) is 14.8. The Morgan fingerprint density at radius 1 is 1.16 bits per heavy atom. The number of pyridine rings is 1. The lowest BCUT2D eigenvalue weighted by Gasteiger charge is -2.41. The molecule has 0 saturated carbocycles. The number of piperidine rings is 1. The third-order valence-electron chi connectivity index (χ3n) is 5.39. The number of aromatic nitrogens is 1. The lowest BCUT2D eigenvalue weighted by Crippen LogP contribution is -2.47. The molecular weight excluding hydrogens is 312 g/mol. The van der Waals surface area contributed by atoms with E-state index in [9.17, 15) is 9.90 Å². The highest BCUT2D eigenvalue weighted by Crippen LogP contribution is 2.35. The van der Waals surface area contributed by atoms with E-state index < -0.39 is 0 Å². The highest BCUT2D eigenvalue weighted by Gasteiger charge is 2.36. The molecule has 1 amide bonds. The Morgan fingerprint density at radius 2 is 1.88 bits per heavy atom. The first kappa shape index (κ1) is 17.6. The van der Waals surface area contributed by atoms with E-state index in [0.717, 1.165) is 25.0 Å². The largest absolute Gasteiger partial charge is 0.395 e. The van der Waals surface area contributed by atoms with Crippen molar-refractivity contribution in [2.24, 2.45) is 0 Å². The summed E-state index contributed by atoms with van der Waals surface area (Å²) in [7, 11) is 0. The quantitative estimate of drug-likeness (QED) is 0.912. The van der Waals surface area contributed by atoms with Crippen LogP contribution in [0.2, 0.25) is 0 Å². The minimum Gasteiger partial charge on any atom is -0.395 e. The Morgan fingerprint density at radius 3 is 2.44 bits per heavy atom. The number of hydrogen-bond acceptors (Lipinski definition) is 3. The molecule has 132 valence electrons. The molecule has 1 aromatic carbocycles. The molecule has 1 aliphatic rings. The van der Waals surface area contributed by atoms with Crippen LogP contribution in [0.4, 0.5) is 0 Å². The van der Waals surface area contributed by atoms with E-state index in [4.69, 9.17) is 0 Å². The van der Waals surface area contributed by atoms with E-state index in [1.807, 2.05) is 41.4 Å². The van der Waals surface area contributed by atoms with Gasteiger partial charge in [-0.05, 0) is 36.5 Å². The van der Waals surface area contributed by atoms with Gasteiger partial charge in [-0.1, -0.05) is 43.3 Å². The van der Waals surface area contributed by atoms with Crippen molar-refractivity contribution in [3.05, 3.63) is 65.5 Å². The van der Waals surface area contributed by atoms with Crippen molar-refractivity contribution < 1.29 is 9.90 Å². The average Bonchev–Trinajstić information content (AvgIpc) is 2.69. The zero-order chi connectivity index (χ0) is 17.7. The Bertz CT molecular complexity index is 690. The number of aryl methyl sites for hydroxylation is 1. The second kappa shape index (κ2) is 7.79. The van der Waals surface area contributed by atoms with Gasteiger partial charge in [0.2, 0.25) is 5.91 Å². The van der Waals surface area contributed by atoms with Gasteiger partial charge < -0.3 is 10.0 Å². The van der Waals surface area contributed by atoms with Crippen molar-refractivity contribution in [1.82, 2.24) is 9.88 Å². The van der Waals surface area contributed by atoms with Crippen LogP contribution in [0.25, 0.3) is 0 Å². The number of likely N-dealkylation sites (tertiary alicyclic amines) is 1. The highest BCUT2D eigenvalue weighted by molar-refractivity contribution is 5.78. The number of benzene rings is 1. The van der Waals surface area contributed by atoms with Crippen molar-refractivity contribution in [3.63, 3.8) is 0 Å². The first-order chi connectivity index (χ1) is 12.2. The number of rotatable bonds is 5. The molecule has 1 N–H and O–H groups in total. The SMILES string of the molecule is CCc1ccc(CC(=O)N2CCC(CO)(c3ccccc3)CC2)nc1. The van der Waals surface area contributed by atoms with E-state index in [-0.39, 0.29) is 17.9 Å². The molecule has 0 bridgehead atoms. The van der Waals surface area contributed by atoms with E-state index in [2.05, 4.69) is 24.0 Å². The van der Waals surface area contributed by atoms with E-state index >= 15 is 0 Å². The lowest BCUT2D eigenvalue weighted by molar-refractivity contribution is -0.132. The second-order valence-electron chi connectivity index (χ2n) is 6.87. The van der Waals surface area contributed by atoms with Crippen LogP contribution in [0, 0.1) is 0 Å². The Hall–Kier alpha value is -2.20. The Labute approximate surface area is 149 Å². The lowest BCUT2D eigenvalue weighted by atomic mass is 9.73. The van der Waals surface area contributed by atoms with E-state index in [0.29, 0.717) is 19.5 Å². The van der Waals surface area contributed by atoms with Gasteiger partial charge in [0.25, 0.3) is 0 Å². The molecule has 1 aromatic heterocycles. The highest BCUT2D eigenvalue weighted by atomic mass is 16.3. The number of aliphatic hydroxyl groups excluding tert-OH is 1. The molecular formula is C21H26N2O2. The summed E-state index contributed by atoms with van der Waals surface area (Å²) in [6.07, 6.45) is 4.74. The number of amides is 1. The molecule has 0 aliphatic carbocycles. The van der Waals surface area contributed by atoms with Gasteiger partial charge in [0.05, 0.1) is 13.0 Å². The summed E-state index contributed by atoms with van der Waals surface area (Å²) < 4.78 is 0. The van der Waals surface area contributed by atoms with Crippen molar-refractivity contribution in [1.29, 1.82) is 0 Å². The summed E-state index contributed by atoms with van der Waals surface area (Å²) in [5.41, 5.74) is 2.95. The monoisotopic (exact) mass is 338 g/mol. The molecule has 1 saturated heterocycles. The number of carbonyl (C=O) groups excluding carboxylic acids is 1. The third-order valence-corrected chi connectivity index (χ3v) is 5.39. The fraction of sp³-hybridized carbons (Fsp3) is 0.429. The first-order valence-electron chi connectivity index (χ1n) is 9.05. The molecule has 1 fully saturated rings. The predicted molar refractivity (Wildman–Crippen MR) is 98.3 cm³/mol. The van der Waals surface area contributed by atoms with E-state index in [1.165, 1.54) is 11.1 Å². The van der Waals surface area contributed by atoms with Crippen LogP contribution in [0.5, 0.6) is 0 Å². The van der Waals surface area contributed by atoms with Crippen LogP contribution < -0.4 is 0 Å². The maximum absolute atomic E-state index is 12.6. The van der Waals surface area contributed by atoms with Crippen LogP contribution in [-0.2, 0) is 23.1 Å². The van der Waals surface area contributed by atoms with Gasteiger partial charge in [-0.2, -0.15) is 0 Å². The number of aliphatic hydroxyl groups is 1. The van der Waals surface area contributed by atoms with Gasteiger partial charge >= 0.3 is 0 Å². The molecule has 25 heavy (non-hydrogen) atoms. The Balaban J connectivity index is 1.62. The minimum absolute atomic E-state index is 0.122. The smallest absolute Gasteiger partial charge is 0.228 e. The summed E-state index contributed by atoms with van der Waals surface area (Å²) in [5.74, 6) is 0.122. The molecule has 3 rings (SSSR count). The third kappa shape index (κ3) is 3.90. The second-order valence-corrected chi connectivity index (χ2v) is 6.87. The summed E-state index contributed by atoms with van der Waals surface area (Å²) >= 11 is 0. The number of nitrogens with zero attached hydrogens (tertiary/aromatic N) is 2. The number of hydrogen-bond donors (Lipinski definition) is 1. The minimum atomic E-state index is -0.223. The van der Waals surface area contributed by atoms with Gasteiger partial charge in [-0.3, -0.25) is 9.78 Å². The van der Waals surface area contributed by atoms with Crippen LogP contribution in [-0.4, -0.2) is 40.6 Å². The number of carbonyl (C=O) groups is 1. The molecule has 1 aliphatic heterocycles. The maximum Gasteiger partial charge on any atom is 0.228 e. The van der Waals surface area contributed by atoms with Crippen molar-refractivity contribution >= 4 is 5.91 Å². The standard InChI is InChI=1S/C21H26N2O2/c1-2-17-8-9-19(22-15-17)14-20(25)23-12-10-21(16-24,11-13-23)18-6-4-3-5-7-18/h3-9,15,24H,2,10-14,16H2,1H3. The molecule has 2 aromatic rings. The van der Waals surface area contributed by atoms with Crippen molar-refractivity contribution in [2.45, 2.75) is 38.0 Å². The van der Waals surface area contributed by atoms with E-state index in [1.54, 1.807) is 0 Å². The normalized spacial score (nSPS) is 16.6. The molecule has 2 heterocycles. The first-order valence-corrected chi connectivity index (χ1v) is 9.05. The zero-order valence-corrected chi connectivity index (χ0v) is 14.8. The van der Waals surface area contributed by atoms with Crippen LogP contribution >= 0.6 is 0 Å². The molecule has 4 nitrogen and oxygen atoms in total. The van der Waals surface area contributed by atoms with Crippen molar-refractivity contribution in [3.8, 4) is 0 Å². The van der Waals surface area contributed by atoms with Gasteiger partial charge in [0, 0.05) is 30.4 Å². The molecule has 0 atom stereocenters. The molecule has 0 unspecified atom stereocenters. The van der Waals surface area contributed by atoms with Gasteiger partial charge in [-0.25, -0.2) is 0 Å². The molecule has 4 heteroatoms. The average molecular weight is 338 g/mol. The molecule has 0 radical (unpaired) electrons. The van der Waals surface area contributed by atoms with Crippen LogP contribution in [0.3, 0.4) is 0 Å². The van der Waals surface area contributed by atoms with Crippen LogP contribution in [0.1, 0.15) is 36.6 Å². The summed E-state index contributed by atoms with van der Waals surface area (Å²) in [4.78, 5) is 18.9.